The fourth-order valence-corrected chi connectivity index (χ4v) is 3.66. The summed E-state index contributed by atoms with van der Waals surface area (Å²) in [7, 11) is 0. The number of fused-ring (bicyclic) bond motifs is 1. The second-order valence-electron chi connectivity index (χ2n) is 7.36. The van der Waals surface area contributed by atoms with Crippen LogP contribution in [0.4, 0.5) is 24.7 Å². The number of rotatable bonds is 4. The van der Waals surface area contributed by atoms with E-state index in [0.717, 1.165) is 11.0 Å². The molecule has 4 heterocycles. The lowest BCUT2D eigenvalue weighted by Gasteiger charge is -2.15. The van der Waals surface area contributed by atoms with Crippen LogP contribution in [-0.4, -0.2) is 40.6 Å². The molecule has 0 saturated carbocycles. The molecule has 14 heteroatoms. The molecule has 178 valence electrons. The van der Waals surface area contributed by atoms with Crippen molar-refractivity contribution in [3.63, 3.8) is 0 Å². The van der Waals surface area contributed by atoms with Crippen LogP contribution in [0.2, 0.25) is 0 Å². The second kappa shape index (κ2) is 8.47. The Bertz CT molecular complexity index is 1650. The van der Waals surface area contributed by atoms with E-state index in [0.29, 0.717) is 15.5 Å². The molecule has 0 atom stereocenters. The first kappa shape index (κ1) is 22.5. The average molecular weight is 490 g/mol. The number of halogens is 3. The summed E-state index contributed by atoms with van der Waals surface area (Å²) < 4.78 is 43.2. The number of nitrogens with one attached hydrogen (secondary N) is 1. The van der Waals surface area contributed by atoms with Crippen molar-refractivity contribution in [1.82, 2.24) is 34.7 Å². The van der Waals surface area contributed by atoms with Gasteiger partial charge < -0.3 is 11.1 Å². The number of nitrogen functional groups attached to an aromatic ring is 1. The van der Waals surface area contributed by atoms with Crippen molar-refractivity contribution in [2.24, 2.45) is 0 Å². The van der Waals surface area contributed by atoms with Gasteiger partial charge in [-0.25, -0.2) is 14.6 Å². The van der Waals surface area contributed by atoms with Crippen LogP contribution >= 0.6 is 0 Å². The maximum Gasteiger partial charge on any atom is 0.434 e. The van der Waals surface area contributed by atoms with Gasteiger partial charge in [0.1, 0.15) is 17.5 Å². The lowest BCUT2D eigenvalue weighted by molar-refractivity contribution is -0.143. The smallest absolute Gasteiger partial charge is 0.383 e. The number of anilines is 2. The van der Waals surface area contributed by atoms with E-state index < -0.39 is 23.3 Å². The fraction of sp³-hybridized carbons (Fsp3) is 0.0455. The van der Waals surface area contributed by atoms with Gasteiger partial charge in [-0.2, -0.15) is 33.7 Å². The van der Waals surface area contributed by atoms with Gasteiger partial charge in [-0.3, -0.25) is 4.79 Å². The normalized spacial score (nSPS) is 11.4. The van der Waals surface area contributed by atoms with Crippen LogP contribution < -0.4 is 11.1 Å². The van der Waals surface area contributed by atoms with Gasteiger partial charge in [0.15, 0.2) is 11.5 Å². The number of aromatic nitrogens is 7. The molecule has 1 amide bonds. The summed E-state index contributed by atoms with van der Waals surface area (Å²) in [5.41, 5.74) is 3.92. The zero-order valence-corrected chi connectivity index (χ0v) is 18.0. The monoisotopic (exact) mass is 490 g/mol. The van der Waals surface area contributed by atoms with E-state index in [2.05, 4.69) is 30.6 Å². The maximum atomic E-state index is 14.2. The van der Waals surface area contributed by atoms with Crippen molar-refractivity contribution in [2.75, 3.05) is 11.1 Å². The van der Waals surface area contributed by atoms with Crippen LogP contribution in [0.25, 0.3) is 22.3 Å². The Morgan fingerprint density at radius 1 is 1.03 bits per heavy atom. The molecule has 0 radical (unpaired) electrons. The Kier molecular flexibility index (Phi) is 5.29. The van der Waals surface area contributed by atoms with Crippen LogP contribution in [0.3, 0.4) is 0 Å². The molecule has 4 aromatic heterocycles. The standard InChI is InChI=1S/C22H13F3N10O/c23-22(24,25)18-16(11-32-34(18)17-3-1-2-15-14(17)4-5-28-19(15)27)21(36)33-13-8-12(9-26)20(29-10-13)35-30-6-7-31-35/h1-8,10-11H,(H2,27,28)(H,33,36). The topological polar surface area (TPSA) is 153 Å². The molecule has 0 unspecified atom stereocenters. The first-order valence-corrected chi connectivity index (χ1v) is 10.1. The first-order valence-electron chi connectivity index (χ1n) is 10.1. The van der Waals surface area contributed by atoms with Crippen LogP contribution in [-0.2, 0) is 6.18 Å². The minimum Gasteiger partial charge on any atom is -0.383 e. The number of hydrogen-bond acceptors (Lipinski definition) is 8. The highest BCUT2D eigenvalue weighted by Crippen LogP contribution is 2.36. The third-order valence-corrected chi connectivity index (χ3v) is 5.18. The number of nitriles is 1. The predicted octanol–water partition coefficient (Wildman–Crippen LogP) is 3.12. The number of amides is 1. The highest BCUT2D eigenvalue weighted by molar-refractivity contribution is 6.05. The molecule has 0 bridgehead atoms. The minimum absolute atomic E-state index is 0.00214. The summed E-state index contributed by atoms with van der Waals surface area (Å²) in [4.78, 5) is 22.0. The molecule has 5 rings (SSSR count). The Hall–Kier alpha value is -5.32. The molecule has 1 aromatic carbocycles. The van der Waals surface area contributed by atoms with E-state index in [1.807, 2.05) is 6.07 Å². The third-order valence-electron chi connectivity index (χ3n) is 5.18. The lowest BCUT2D eigenvalue weighted by atomic mass is 10.1. The maximum absolute atomic E-state index is 14.2. The average Bonchev–Trinajstić information content (AvgIpc) is 3.54. The molecule has 11 nitrogen and oxygen atoms in total. The van der Waals surface area contributed by atoms with Crippen LogP contribution in [0.15, 0.2) is 61.3 Å². The zero-order valence-electron chi connectivity index (χ0n) is 18.0. The van der Waals surface area contributed by atoms with E-state index >= 15 is 0 Å². The highest BCUT2D eigenvalue weighted by atomic mass is 19.4. The molecular weight excluding hydrogens is 477 g/mol. The van der Waals surface area contributed by atoms with Gasteiger partial charge >= 0.3 is 6.18 Å². The number of benzene rings is 1. The summed E-state index contributed by atoms with van der Waals surface area (Å²) >= 11 is 0. The Balaban J connectivity index is 1.55. The van der Waals surface area contributed by atoms with Crippen molar-refractivity contribution < 1.29 is 18.0 Å². The van der Waals surface area contributed by atoms with Gasteiger partial charge in [-0.15, -0.1) is 4.80 Å². The van der Waals surface area contributed by atoms with Crippen LogP contribution in [0.1, 0.15) is 21.6 Å². The fourth-order valence-electron chi connectivity index (χ4n) is 3.66. The zero-order chi connectivity index (χ0) is 25.4. The van der Waals surface area contributed by atoms with Gasteiger partial charge in [0, 0.05) is 17.0 Å². The summed E-state index contributed by atoms with van der Waals surface area (Å²) in [5.74, 6) is -0.859. The third kappa shape index (κ3) is 3.84. The van der Waals surface area contributed by atoms with Crippen molar-refractivity contribution in [2.45, 2.75) is 6.18 Å². The Morgan fingerprint density at radius 3 is 2.53 bits per heavy atom. The van der Waals surface area contributed by atoms with Gasteiger partial charge in [0.25, 0.3) is 5.91 Å². The summed E-state index contributed by atoms with van der Waals surface area (Å²) in [6.45, 7) is 0. The predicted molar refractivity (Wildman–Crippen MR) is 120 cm³/mol. The van der Waals surface area contributed by atoms with Crippen molar-refractivity contribution >= 4 is 28.2 Å². The molecule has 0 aliphatic heterocycles. The highest BCUT2D eigenvalue weighted by Gasteiger charge is 2.41. The molecule has 0 aliphatic carbocycles. The number of hydrogen-bond donors (Lipinski definition) is 2. The number of alkyl halides is 3. The summed E-state index contributed by atoms with van der Waals surface area (Å²) in [5, 5.41) is 24.2. The minimum atomic E-state index is -4.93. The summed E-state index contributed by atoms with van der Waals surface area (Å²) in [6.07, 6.45) is 1.20. The van der Waals surface area contributed by atoms with E-state index in [-0.39, 0.29) is 28.6 Å². The van der Waals surface area contributed by atoms with Crippen LogP contribution in [0.5, 0.6) is 0 Å². The van der Waals surface area contributed by atoms with Crippen molar-refractivity contribution in [3.05, 3.63) is 78.1 Å². The molecule has 0 saturated heterocycles. The number of carbonyl (C=O) groups is 1. The van der Waals surface area contributed by atoms with E-state index in [4.69, 9.17) is 5.73 Å². The number of pyridine rings is 2. The molecule has 5 aromatic rings. The van der Waals surface area contributed by atoms with Gasteiger partial charge in [0.2, 0.25) is 0 Å². The molecule has 0 fully saturated rings. The van der Waals surface area contributed by atoms with Crippen molar-refractivity contribution in [1.29, 1.82) is 5.26 Å². The number of nitrogens with two attached hydrogens (primary N) is 1. The van der Waals surface area contributed by atoms with E-state index in [1.54, 1.807) is 6.07 Å². The molecule has 0 aliphatic rings. The Morgan fingerprint density at radius 2 is 1.81 bits per heavy atom. The quantitative estimate of drug-likeness (QED) is 0.390. The van der Waals surface area contributed by atoms with Gasteiger partial charge in [-0.1, -0.05) is 12.1 Å². The largest absolute Gasteiger partial charge is 0.434 e. The molecule has 0 spiro atoms. The first-order chi connectivity index (χ1) is 17.3. The number of carbonyl (C=O) groups excluding carboxylic acids is 1. The van der Waals surface area contributed by atoms with E-state index in [1.165, 1.54) is 49.1 Å². The van der Waals surface area contributed by atoms with Gasteiger partial charge in [0.05, 0.1) is 41.7 Å². The second-order valence-corrected chi connectivity index (χ2v) is 7.36. The molecule has 3 N–H and O–H groups in total. The SMILES string of the molecule is N#Cc1cc(NC(=O)c2cnn(-c3cccc4c(N)nccc34)c2C(F)(F)F)cnc1-n1nccn1. The number of nitrogens with zero attached hydrogens (tertiary/aromatic N) is 8. The molecule has 36 heavy (non-hydrogen) atoms. The Labute approximate surface area is 199 Å². The van der Waals surface area contributed by atoms with Crippen molar-refractivity contribution in [3.8, 4) is 17.6 Å². The van der Waals surface area contributed by atoms with E-state index in [9.17, 15) is 23.2 Å². The lowest BCUT2D eigenvalue weighted by Crippen LogP contribution is -2.21. The van der Waals surface area contributed by atoms with Crippen LogP contribution in [0, 0.1) is 11.3 Å². The summed E-state index contributed by atoms with van der Waals surface area (Å²) in [6, 6.07) is 9.22. The van der Waals surface area contributed by atoms with Gasteiger partial charge in [-0.05, 0) is 18.2 Å². The molecular formula is C22H13F3N10O.